The summed E-state index contributed by atoms with van der Waals surface area (Å²) >= 11 is 3.35. The molecule has 2 rings (SSSR count). The van der Waals surface area contributed by atoms with Gasteiger partial charge in [-0.05, 0) is 30.3 Å². The lowest BCUT2D eigenvalue weighted by Gasteiger charge is -2.17. The molecule has 0 saturated heterocycles. The van der Waals surface area contributed by atoms with Gasteiger partial charge in [0.05, 0.1) is 0 Å². The standard InChI is InChI=1S/C15H16BrN3O/c1-19(7-5-14-4-2-3-6-18-14)15(20)11-8-12(16)10-13(17)9-11/h2-4,6,8-10H,5,7,17H2,1H3. The fourth-order valence-electron chi connectivity index (χ4n) is 1.89. The predicted molar refractivity (Wildman–Crippen MR) is 83.5 cm³/mol. The fraction of sp³-hybridized carbons (Fsp3) is 0.200. The van der Waals surface area contributed by atoms with Crippen LogP contribution in [0.15, 0.2) is 47.1 Å². The van der Waals surface area contributed by atoms with Gasteiger partial charge < -0.3 is 10.6 Å². The molecular formula is C15H16BrN3O. The molecule has 2 aromatic rings. The molecule has 0 bridgehead atoms. The quantitative estimate of drug-likeness (QED) is 0.875. The molecule has 0 aliphatic carbocycles. The zero-order chi connectivity index (χ0) is 14.5. The van der Waals surface area contributed by atoms with Crippen LogP contribution < -0.4 is 5.73 Å². The summed E-state index contributed by atoms with van der Waals surface area (Å²) in [6, 6.07) is 11.0. The van der Waals surface area contributed by atoms with E-state index in [-0.39, 0.29) is 5.91 Å². The van der Waals surface area contributed by atoms with Gasteiger partial charge in [0, 0.05) is 47.6 Å². The summed E-state index contributed by atoms with van der Waals surface area (Å²) in [5.41, 5.74) is 7.88. The van der Waals surface area contributed by atoms with Crippen molar-refractivity contribution in [3.63, 3.8) is 0 Å². The number of aromatic nitrogens is 1. The lowest BCUT2D eigenvalue weighted by Crippen LogP contribution is -2.29. The van der Waals surface area contributed by atoms with Gasteiger partial charge in [-0.25, -0.2) is 0 Å². The first-order valence-electron chi connectivity index (χ1n) is 6.27. The summed E-state index contributed by atoms with van der Waals surface area (Å²) in [5.74, 6) is -0.0473. The molecule has 0 fully saturated rings. The van der Waals surface area contributed by atoms with Crippen LogP contribution in [-0.4, -0.2) is 29.4 Å². The normalized spacial score (nSPS) is 10.3. The van der Waals surface area contributed by atoms with Gasteiger partial charge in [-0.15, -0.1) is 0 Å². The van der Waals surface area contributed by atoms with Gasteiger partial charge in [0.1, 0.15) is 0 Å². The third-order valence-corrected chi connectivity index (χ3v) is 3.40. The molecule has 0 aliphatic heterocycles. The second-order valence-corrected chi connectivity index (χ2v) is 5.49. The first-order chi connectivity index (χ1) is 9.56. The minimum absolute atomic E-state index is 0.0473. The third-order valence-electron chi connectivity index (χ3n) is 2.94. The second kappa shape index (κ2) is 6.52. The first-order valence-corrected chi connectivity index (χ1v) is 7.07. The number of benzene rings is 1. The molecule has 1 heterocycles. The van der Waals surface area contributed by atoms with Crippen molar-refractivity contribution in [1.82, 2.24) is 9.88 Å². The maximum atomic E-state index is 12.3. The van der Waals surface area contributed by atoms with E-state index in [0.717, 1.165) is 16.6 Å². The Hall–Kier alpha value is -1.88. The van der Waals surface area contributed by atoms with E-state index in [1.54, 1.807) is 36.3 Å². The number of anilines is 1. The smallest absolute Gasteiger partial charge is 0.253 e. The molecule has 1 amide bonds. The Labute approximate surface area is 126 Å². The van der Waals surface area contributed by atoms with Crippen molar-refractivity contribution in [3.05, 3.63) is 58.3 Å². The Balaban J connectivity index is 2.01. The van der Waals surface area contributed by atoms with Crippen LogP contribution >= 0.6 is 15.9 Å². The molecule has 4 nitrogen and oxygen atoms in total. The highest BCUT2D eigenvalue weighted by atomic mass is 79.9. The number of hydrogen-bond acceptors (Lipinski definition) is 3. The fourth-order valence-corrected chi connectivity index (χ4v) is 2.40. The average Bonchev–Trinajstić information content (AvgIpc) is 2.44. The molecule has 0 spiro atoms. The van der Waals surface area contributed by atoms with Crippen molar-refractivity contribution in [3.8, 4) is 0 Å². The molecule has 2 N–H and O–H groups in total. The molecule has 104 valence electrons. The average molecular weight is 334 g/mol. The van der Waals surface area contributed by atoms with E-state index in [2.05, 4.69) is 20.9 Å². The summed E-state index contributed by atoms with van der Waals surface area (Å²) in [6.45, 7) is 0.613. The summed E-state index contributed by atoms with van der Waals surface area (Å²) in [6.07, 6.45) is 2.48. The summed E-state index contributed by atoms with van der Waals surface area (Å²) in [5, 5.41) is 0. The molecule has 5 heteroatoms. The van der Waals surface area contributed by atoms with Crippen molar-refractivity contribution in [2.45, 2.75) is 6.42 Å². The van der Waals surface area contributed by atoms with E-state index >= 15 is 0 Å². The van der Waals surface area contributed by atoms with Crippen LogP contribution in [0.4, 0.5) is 5.69 Å². The van der Waals surface area contributed by atoms with E-state index in [4.69, 9.17) is 5.73 Å². The summed E-state index contributed by atoms with van der Waals surface area (Å²) in [7, 11) is 1.78. The number of amides is 1. The van der Waals surface area contributed by atoms with E-state index < -0.39 is 0 Å². The number of carbonyl (C=O) groups excluding carboxylic acids is 1. The van der Waals surface area contributed by atoms with Crippen LogP contribution in [0.3, 0.4) is 0 Å². The van der Waals surface area contributed by atoms with E-state index in [1.807, 2.05) is 18.2 Å². The lowest BCUT2D eigenvalue weighted by molar-refractivity contribution is 0.0796. The summed E-state index contributed by atoms with van der Waals surface area (Å²) in [4.78, 5) is 18.2. The largest absolute Gasteiger partial charge is 0.399 e. The van der Waals surface area contributed by atoms with Crippen LogP contribution in [0.2, 0.25) is 0 Å². The van der Waals surface area contributed by atoms with Gasteiger partial charge >= 0.3 is 0 Å². The van der Waals surface area contributed by atoms with Crippen molar-refractivity contribution < 1.29 is 4.79 Å². The second-order valence-electron chi connectivity index (χ2n) is 4.57. The van der Waals surface area contributed by atoms with E-state index in [9.17, 15) is 4.79 Å². The Morgan fingerprint density at radius 3 is 2.80 bits per heavy atom. The Bertz CT molecular complexity index is 581. The maximum Gasteiger partial charge on any atom is 0.253 e. The monoisotopic (exact) mass is 333 g/mol. The van der Waals surface area contributed by atoms with Gasteiger partial charge in [0.25, 0.3) is 5.91 Å². The highest BCUT2D eigenvalue weighted by Crippen LogP contribution is 2.18. The summed E-state index contributed by atoms with van der Waals surface area (Å²) < 4.78 is 0.805. The topological polar surface area (TPSA) is 59.2 Å². The number of rotatable bonds is 4. The van der Waals surface area contributed by atoms with Crippen molar-refractivity contribution in [1.29, 1.82) is 0 Å². The Morgan fingerprint density at radius 2 is 2.15 bits per heavy atom. The molecular weight excluding hydrogens is 318 g/mol. The Morgan fingerprint density at radius 1 is 1.35 bits per heavy atom. The van der Waals surface area contributed by atoms with Crippen molar-refractivity contribution in [2.75, 3.05) is 19.3 Å². The molecule has 0 radical (unpaired) electrons. The molecule has 0 saturated carbocycles. The van der Waals surface area contributed by atoms with Crippen LogP contribution in [0.5, 0.6) is 0 Å². The number of halogens is 1. The number of nitrogen functional groups attached to an aromatic ring is 1. The SMILES string of the molecule is CN(CCc1ccccn1)C(=O)c1cc(N)cc(Br)c1. The molecule has 0 aliphatic rings. The van der Waals surface area contributed by atoms with Crippen molar-refractivity contribution in [2.24, 2.45) is 0 Å². The number of carbonyl (C=O) groups is 1. The van der Waals surface area contributed by atoms with Gasteiger partial charge in [0.2, 0.25) is 0 Å². The lowest BCUT2D eigenvalue weighted by atomic mass is 10.1. The van der Waals surface area contributed by atoms with Gasteiger partial charge in [0.15, 0.2) is 0 Å². The van der Waals surface area contributed by atoms with Crippen LogP contribution in [0.1, 0.15) is 16.1 Å². The molecule has 1 aromatic carbocycles. The van der Waals surface area contributed by atoms with Crippen LogP contribution in [0, 0.1) is 0 Å². The molecule has 0 unspecified atom stereocenters. The zero-order valence-electron chi connectivity index (χ0n) is 11.2. The number of hydrogen-bond donors (Lipinski definition) is 1. The van der Waals surface area contributed by atoms with Gasteiger partial charge in [-0.1, -0.05) is 22.0 Å². The van der Waals surface area contributed by atoms with Gasteiger partial charge in [-0.3, -0.25) is 9.78 Å². The van der Waals surface area contributed by atoms with Crippen LogP contribution in [0.25, 0.3) is 0 Å². The minimum atomic E-state index is -0.0473. The van der Waals surface area contributed by atoms with E-state index in [1.165, 1.54) is 0 Å². The number of nitrogens with two attached hydrogens (primary N) is 1. The predicted octanol–water partition coefficient (Wildman–Crippen LogP) is 2.74. The van der Waals surface area contributed by atoms with Gasteiger partial charge in [-0.2, -0.15) is 0 Å². The third kappa shape index (κ3) is 3.81. The number of nitrogens with zero attached hydrogens (tertiary/aromatic N) is 2. The highest BCUT2D eigenvalue weighted by molar-refractivity contribution is 9.10. The molecule has 0 atom stereocenters. The molecule has 1 aromatic heterocycles. The Kier molecular flexibility index (Phi) is 4.74. The highest BCUT2D eigenvalue weighted by Gasteiger charge is 2.12. The first kappa shape index (κ1) is 14.5. The number of likely N-dealkylation sites (N-methyl/N-ethyl adjacent to an activating group) is 1. The molecule has 20 heavy (non-hydrogen) atoms. The van der Waals surface area contributed by atoms with E-state index in [0.29, 0.717) is 17.8 Å². The maximum absolute atomic E-state index is 12.3. The zero-order valence-corrected chi connectivity index (χ0v) is 12.8. The minimum Gasteiger partial charge on any atom is -0.399 e. The van der Waals surface area contributed by atoms with Crippen molar-refractivity contribution >= 4 is 27.5 Å². The van der Waals surface area contributed by atoms with Crippen LogP contribution in [-0.2, 0) is 6.42 Å². The number of pyridine rings is 1.